The maximum Gasteiger partial charge on any atom is 0.319 e. The number of urea groups is 1. The van der Waals surface area contributed by atoms with Gasteiger partial charge in [0, 0.05) is 6.54 Å². The van der Waals surface area contributed by atoms with Gasteiger partial charge in [-0.2, -0.15) is 0 Å². The lowest BCUT2D eigenvalue weighted by atomic mass is 9.95. The minimum Gasteiger partial charge on any atom is -0.333 e. The summed E-state index contributed by atoms with van der Waals surface area (Å²) in [5.74, 6) is 0.569. The molecule has 1 aromatic carbocycles. The van der Waals surface area contributed by atoms with Crippen molar-refractivity contribution in [3.8, 4) is 0 Å². The van der Waals surface area contributed by atoms with Gasteiger partial charge in [0.25, 0.3) is 5.91 Å². The number of hydrogen-bond acceptors (Lipinski definition) is 2. The van der Waals surface area contributed by atoms with Gasteiger partial charge < -0.3 is 15.5 Å². The van der Waals surface area contributed by atoms with Gasteiger partial charge in [-0.15, -0.1) is 0 Å². The summed E-state index contributed by atoms with van der Waals surface area (Å²) in [6.07, 6.45) is 0.961. The van der Waals surface area contributed by atoms with E-state index in [0.29, 0.717) is 18.0 Å². The lowest BCUT2D eigenvalue weighted by Gasteiger charge is -2.25. The van der Waals surface area contributed by atoms with Crippen molar-refractivity contribution in [1.82, 2.24) is 15.5 Å². The topological polar surface area (TPSA) is 61.4 Å². The third-order valence-electron chi connectivity index (χ3n) is 4.41. The zero-order chi connectivity index (χ0) is 16.6. The Bertz CT molecular complexity index is 661. The zero-order valence-electron chi connectivity index (χ0n) is 13.8. The summed E-state index contributed by atoms with van der Waals surface area (Å²) in [5.41, 5.74) is 3.52. The van der Waals surface area contributed by atoms with Crippen molar-refractivity contribution in [2.24, 2.45) is 5.92 Å². The molecule has 2 aliphatic rings. The number of aryl methyl sites for hydroxylation is 1. The van der Waals surface area contributed by atoms with E-state index in [1.807, 2.05) is 36.1 Å². The van der Waals surface area contributed by atoms with Gasteiger partial charge in [0.2, 0.25) is 0 Å². The molecule has 1 atom stereocenters. The van der Waals surface area contributed by atoms with Crippen LogP contribution < -0.4 is 10.6 Å². The predicted octanol–water partition coefficient (Wildman–Crippen LogP) is 2.49. The van der Waals surface area contributed by atoms with Crippen LogP contribution in [0.3, 0.4) is 0 Å². The summed E-state index contributed by atoms with van der Waals surface area (Å²) in [7, 11) is 0. The fourth-order valence-electron chi connectivity index (χ4n) is 3.03. The normalized spacial score (nSPS) is 20.7. The van der Waals surface area contributed by atoms with E-state index in [2.05, 4.69) is 24.5 Å². The van der Waals surface area contributed by atoms with E-state index >= 15 is 0 Å². The van der Waals surface area contributed by atoms with Gasteiger partial charge in [0.15, 0.2) is 0 Å². The smallest absolute Gasteiger partial charge is 0.319 e. The first-order chi connectivity index (χ1) is 11.0. The molecule has 0 saturated heterocycles. The molecule has 0 bridgehead atoms. The molecule has 0 radical (unpaired) electrons. The van der Waals surface area contributed by atoms with Crippen LogP contribution in [0.4, 0.5) is 4.79 Å². The van der Waals surface area contributed by atoms with Gasteiger partial charge in [-0.25, -0.2) is 4.79 Å². The Balaban J connectivity index is 1.87. The van der Waals surface area contributed by atoms with Gasteiger partial charge in [0.05, 0.1) is 23.9 Å². The maximum atomic E-state index is 12.8. The third kappa shape index (κ3) is 3.09. The molecular weight excluding hydrogens is 290 g/mol. The first-order valence-corrected chi connectivity index (χ1v) is 8.12. The Morgan fingerprint density at radius 2 is 1.91 bits per heavy atom. The number of hydrogen-bond donors (Lipinski definition) is 2. The van der Waals surface area contributed by atoms with Crippen LogP contribution in [0.25, 0.3) is 0 Å². The molecule has 2 N–H and O–H groups in total. The van der Waals surface area contributed by atoms with Crippen LogP contribution in [0.15, 0.2) is 35.5 Å². The summed E-state index contributed by atoms with van der Waals surface area (Å²) in [6, 6.07) is 7.34. The lowest BCUT2D eigenvalue weighted by Crippen LogP contribution is -2.44. The molecule has 5 heteroatoms. The molecule has 0 aliphatic carbocycles. The fraction of sp³-hybridized carbons (Fsp3) is 0.444. The molecular formula is C18H23N3O2. The fourth-order valence-corrected chi connectivity index (χ4v) is 3.03. The highest BCUT2D eigenvalue weighted by Gasteiger charge is 2.40. The van der Waals surface area contributed by atoms with Crippen LogP contribution in [-0.4, -0.2) is 29.9 Å². The van der Waals surface area contributed by atoms with Gasteiger partial charge in [-0.1, -0.05) is 43.7 Å². The van der Waals surface area contributed by atoms with E-state index in [4.69, 9.17) is 0 Å². The number of amides is 3. The summed E-state index contributed by atoms with van der Waals surface area (Å²) < 4.78 is 0. The van der Waals surface area contributed by atoms with Crippen molar-refractivity contribution in [2.45, 2.75) is 33.2 Å². The van der Waals surface area contributed by atoms with E-state index in [-0.39, 0.29) is 18.0 Å². The van der Waals surface area contributed by atoms with E-state index in [0.717, 1.165) is 29.8 Å². The minimum absolute atomic E-state index is 0.0266. The Hall–Kier alpha value is -2.30. The summed E-state index contributed by atoms with van der Waals surface area (Å²) in [5, 5.41) is 5.69. The number of carbonyl (C=O) groups is 2. The molecule has 122 valence electrons. The first-order valence-electron chi connectivity index (χ1n) is 8.12. The Morgan fingerprint density at radius 3 is 2.57 bits per heavy atom. The van der Waals surface area contributed by atoms with Crippen molar-refractivity contribution < 1.29 is 9.59 Å². The molecule has 0 spiro atoms. The summed E-state index contributed by atoms with van der Waals surface area (Å²) >= 11 is 0. The highest BCUT2D eigenvalue weighted by molar-refractivity contribution is 6.01. The van der Waals surface area contributed by atoms with Crippen molar-refractivity contribution >= 4 is 11.9 Å². The van der Waals surface area contributed by atoms with Crippen LogP contribution in [0.5, 0.6) is 0 Å². The molecule has 0 aromatic heterocycles. The van der Waals surface area contributed by atoms with E-state index in [9.17, 15) is 9.59 Å². The van der Waals surface area contributed by atoms with Gasteiger partial charge in [-0.3, -0.25) is 4.79 Å². The van der Waals surface area contributed by atoms with Crippen LogP contribution in [0, 0.1) is 12.8 Å². The van der Waals surface area contributed by atoms with Gasteiger partial charge >= 0.3 is 6.03 Å². The van der Waals surface area contributed by atoms with E-state index < -0.39 is 0 Å². The molecule has 2 aliphatic heterocycles. The monoisotopic (exact) mass is 313 g/mol. The number of nitrogens with zero attached hydrogens (tertiary/aromatic N) is 1. The Labute approximate surface area is 136 Å². The third-order valence-corrected chi connectivity index (χ3v) is 4.41. The van der Waals surface area contributed by atoms with Crippen LogP contribution in [0.1, 0.15) is 37.4 Å². The molecule has 3 rings (SSSR count). The first kappa shape index (κ1) is 15.6. The van der Waals surface area contributed by atoms with Crippen LogP contribution in [0.2, 0.25) is 0 Å². The van der Waals surface area contributed by atoms with Crippen LogP contribution in [-0.2, 0) is 4.79 Å². The number of carbonyl (C=O) groups excluding carboxylic acids is 2. The molecule has 0 saturated carbocycles. The molecule has 23 heavy (non-hydrogen) atoms. The van der Waals surface area contributed by atoms with Crippen molar-refractivity contribution in [3.05, 3.63) is 46.7 Å². The minimum atomic E-state index is -0.365. The highest BCUT2D eigenvalue weighted by atomic mass is 16.2. The average molecular weight is 313 g/mol. The Morgan fingerprint density at radius 1 is 1.22 bits per heavy atom. The second-order valence-corrected chi connectivity index (χ2v) is 6.74. The second-order valence-electron chi connectivity index (χ2n) is 6.74. The molecule has 3 amide bonds. The largest absolute Gasteiger partial charge is 0.333 e. The van der Waals surface area contributed by atoms with E-state index in [1.54, 1.807) is 0 Å². The number of rotatable bonds is 4. The van der Waals surface area contributed by atoms with Crippen molar-refractivity contribution in [2.75, 3.05) is 13.1 Å². The summed E-state index contributed by atoms with van der Waals surface area (Å²) in [4.78, 5) is 26.6. The molecule has 1 aromatic rings. The van der Waals surface area contributed by atoms with Crippen LogP contribution >= 0.6 is 0 Å². The van der Waals surface area contributed by atoms with Crippen molar-refractivity contribution in [1.29, 1.82) is 0 Å². The van der Waals surface area contributed by atoms with Gasteiger partial charge in [-0.05, 0) is 24.8 Å². The second kappa shape index (κ2) is 6.07. The zero-order valence-corrected chi connectivity index (χ0v) is 13.8. The van der Waals surface area contributed by atoms with Gasteiger partial charge in [0.1, 0.15) is 0 Å². The maximum absolute atomic E-state index is 12.8. The molecule has 5 nitrogen and oxygen atoms in total. The highest BCUT2D eigenvalue weighted by Crippen LogP contribution is 2.32. The van der Waals surface area contributed by atoms with E-state index in [1.165, 1.54) is 0 Å². The number of nitrogens with one attached hydrogen (secondary N) is 2. The molecule has 2 heterocycles. The quantitative estimate of drug-likeness (QED) is 0.897. The molecule has 0 unspecified atom stereocenters. The SMILES string of the molecule is Cc1ccc([C@@H]2NC(=O)NC3=C2C(=O)N(CCC(C)C)C3)cc1. The van der Waals surface area contributed by atoms with Crippen molar-refractivity contribution in [3.63, 3.8) is 0 Å². The standard InChI is InChI=1S/C18H23N3O2/c1-11(2)8-9-21-10-14-15(17(21)22)16(20-18(23)19-14)13-6-4-12(3)5-7-13/h4-7,11,16H,8-10H2,1-3H3,(H2,19,20,23)/t16-/m0/s1. The molecule has 0 fully saturated rings. The average Bonchev–Trinajstić information content (AvgIpc) is 2.81. The summed E-state index contributed by atoms with van der Waals surface area (Å²) in [6.45, 7) is 7.53. The number of benzene rings is 1. The predicted molar refractivity (Wildman–Crippen MR) is 88.6 cm³/mol. The Kier molecular flexibility index (Phi) is 4.11. The lowest BCUT2D eigenvalue weighted by molar-refractivity contribution is -0.125.